The molecule has 2 saturated heterocycles. The Morgan fingerprint density at radius 1 is 1.28 bits per heavy atom. The SMILES string of the molecule is CCNC(=NCCN1CCCS1(=O)=O)N1CCCC(C(=O)OCC)C1. The summed E-state index contributed by atoms with van der Waals surface area (Å²) in [5.74, 6) is 0.709. The van der Waals surface area contributed by atoms with Gasteiger partial charge in [0.05, 0.1) is 24.8 Å². The number of ether oxygens (including phenoxy) is 1. The third-order valence-corrected chi connectivity index (χ3v) is 6.45. The lowest BCUT2D eigenvalue weighted by Gasteiger charge is -2.34. The Kier molecular flexibility index (Phi) is 7.49. The third kappa shape index (κ3) is 5.57. The van der Waals surface area contributed by atoms with E-state index in [-0.39, 0.29) is 17.6 Å². The van der Waals surface area contributed by atoms with E-state index in [9.17, 15) is 13.2 Å². The van der Waals surface area contributed by atoms with Gasteiger partial charge in [0.1, 0.15) is 0 Å². The number of guanidine groups is 1. The third-order valence-electron chi connectivity index (χ3n) is 4.49. The second kappa shape index (κ2) is 9.38. The van der Waals surface area contributed by atoms with E-state index in [0.717, 1.165) is 31.9 Å². The van der Waals surface area contributed by atoms with Crippen molar-refractivity contribution in [2.45, 2.75) is 33.1 Å². The molecule has 25 heavy (non-hydrogen) atoms. The zero-order chi connectivity index (χ0) is 18.3. The molecule has 2 heterocycles. The fraction of sp³-hybridized carbons (Fsp3) is 0.875. The molecular weight excluding hydrogens is 344 g/mol. The summed E-state index contributed by atoms with van der Waals surface area (Å²) in [6, 6.07) is 0. The van der Waals surface area contributed by atoms with Gasteiger partial charge in [-0.1, -0.05) is 0 Å². The van der Waals surface area contributed by atoms with E-state index in [1.165, 1.54) is 4.31 Å². The van der Waals surface area contributed by atoms with Crippen molar-refractivity contribution in [3.63, 3.8) is 0 Å². The molecule has 2 fully saturated rings. The fourth-order valence-corrected chi connectivity index (χ4v) is 4.78. The zero-order valence-corrected chi connectivity index (χ0v) is 16.1. The summed E-state index contributed by atoms with van der Waals surface area (Å²) in [6.45, 7) is 7.77. The molecule has 0 radical (unpaired) electrons. The summed E-state index contributed by atoms with van der Waals surface area (Å²) in [6.07, 6.45) is 2.44. The molecule has 2 aliphatic rings. The number of sulfonamides is 1. The number of carbonyl (C=O) groups is 1. The van der Waals surface area contributed by atoms with Crippen molar-refractivity contribution in [3.8, 4) is 0 Å². The summed E-state index contributed by atoms with van der Waals surface area (Å²) in [5.41, 5.74) is 0. The highest BCUT2D eigenvalue weighted by Crippen LogP contribution is 2.18. The number of nitrogens with zero attached hydrogens (tertiary/aromatic N) is 3. The summed E-state index contributed by atoms with van der Waals surface area (Å²) in [7, 11) is -3.08. The average molecular weight is 375 g/mol. The van der Waals surface area contributed by atoms with Gasteiger partial charge in [0.2, 0.25) is 10.0 Å². The number of esters is 1. The Labute approximate surface area is 150 Å². The van der Waals surface area contributed by atoms with Gasteiger partial charge in [-0.2, -0.15) is 0 Å². The molecule has 1 atom stereocenters. The number of rotatable bonds is 6. The highest BCUT2D eigenvalue weighted by atomic mass is 32.2. The lowest BCUT2D eigenvalue weighted by atomic mass is 9.98. The topological polar surface area (TPSA) is 91.3 Å². The molecule has 0 aromatic rings. The minimum absolute atomic E-state index is 0.128. The van der Waals surface area contributed by atoms with Gasteiger partial charge in [0, 0.05) is 32.7 Å². The maximum Gasteiger partial charge on any atom is 0.310 e. The first-order chi connectivity index (χ1) is 12.0. The van der Waals surface area contributed by atoms with Crippen LogP contribution in [0.2, 0.25) is 0 Å². The average Bonchev–Trinajstić information content (AvgIpc) is 2.93. The van der Waals surface area contributed by atoms with Gasteiger partial charge in [-0.25, -0.2) is 12.7 Å². The van der Waals surface area contributed by atoms with Crippen LogP contribution in [0, 0.1) is 5.92 Å². The van der Waals surface area contributed by atoms with Gasteiger partial charge in [-0.05, 0) is 33.1 Å². The predicted octanol–water partition coefficient (Wildman–Crippen LogP) is 0.263. The maximum absolute atomic E-state index is 12.0. The number of hydrogen-bond donors (Lipinski definition) is 1. The van der Waals surface area contributed by atoms with Gasteiger partial charge < -0.3 is 15.0 Å². The molecule has 9 heteroatoms. The van der Waals surface area contributed by atoms with Crippen LogP contribution in [0.1, 0.15) is 33.1 Å². The van der Waals surface area contributed by atoms with E-state index in [2.05, 4.69) is 15.2 Å². The van der Waals surface area contributed by atoms with Crippen molar-refractivity contribution in [2.24, 2.45) is 10.9 Å². The molecule has 0 amide bonds. The molecule has 0 saturated carbocycles. The molecule has 0 spiro atoms. The van der Waals surface area contributed by atoms with Crippen LogP contribution in [-0.4, -0.2) is 81.2 Å². The maximum atomic E-state index is 12.0. The Morgan fingerprint density at radius 2 is 2.08 bits per heavy atom. The van der Waals surface area contributed by atoms with Crippen molar-refractivity contribution in [2.75, 3.05) is 51.6 Å². The van der Waals surface area contributed by atoms with E-state index in [1.54, 1.807) is 0 Å². The first-order valence-electron chi connectivity index (χ1n) is 9.15. The number of likely N-dealkylation sites (tertiary alicyclic amines) is 1. The molecule has 2 aliphatic heterocycles. The zero-order valence-electron chi connectivity index (χ0n) is 15.2. The number of aliphatic imine (C=N–C) groups is 1. The molecule has 8 nitrogen and oxygen atoms in total. The van der Waals surface area contributed by atoms with Gasteiger partial charge in [0.25, 0.3) is 0 Å². The van der Waals surface area contributed by atoms with Gasteiger partial charge >= 0.3 is 5.97 Å². The van der Waals surface area contributed by atoms with Gasteiger partial charge in [0.15, 0.2) is 5.96 Å². The number of nitrogens with one attached hydrogen (secondary N) is 1. The van der Waals surface area contributed by atoms with E-state index in [1.807, 2.05) is 13.8 Å². The lowest BCUT2D eigenvalue weighted by molar-refractivity contribution is -0.149. The standard InChI is InChI=1S/C16H30N4O4S/c1-3-17-16(18-8-11-20-10-6-12-25(20,22)23)19-9-5-7-14(13-19)15(21)24-4-2/h14H,3-13H2,1-2H3,(H,17,18). The number of hydrogen-bond acceptors (Lipinski definition) is 5. The van der Waals surface area contributed by atoms with E-state index in [4.69, 9.17) is 4.74 Å². The van der Waals surface area contributed by atoms with Crippen LogP contribution in [-0.2, 0) is 19.6 Å². The van der Waals surface area contributed by atoms with Crippen molar-refractivity contribution in [1.29, 1.82) is 0 Å². The van der Waals surface area contributed by atoms with Crippen LogP contribution < -0.4 is 5.32 Å². The summed E-state index contributed by atoms with van der Waals surface area (Å²) in [5, 5.41) is 3.25. The van der Waals surface area contributed by atoms with Crippen molar-refractivity contribution in [3.05, 3.63) is 0 Å². The number of carbonyl (C=O) groups excluding carboxylic acids is 1. The minimum Gasteiger partial charge on any atom is -0.466 e. The highest BCUT2D eigenvalue weighted by molar-refractivity contribution is 7.89. The molecule has 0 bridgehead atoms. The second-order valence-electron chi connectivity index (χ2n) is 6.34. The van der Waals surface area contributed by atoms with Crippen LogP contribution in [0.25, 0.3) is 0 Å². The fourth-order valence-electron chi connectivity index (χ4n) is 3.26. The largest absolute Gasteiger partial charge is 0.466 e. The molecular formula is C16H30N4O4S. The van der Waals surface area contributed by atoms with Gasteiger partial charge in [-0.15, -0.1) is 0 Å². The Hall–Kier alpha value is -1.35. The van der Waals surface area contributed by atoms with Crippen LogP contribution in [0.3, 0.4) is 0 Å². The Balaban J connectivity index is 1.95. The van der Waals surface area contributed by atoms with Crippen molar-refractivity contribution >= 4 is 22.0 Å². The van der Waals surface area contributed by atoms with Crippen LogP contribution in [0.5, 0.6) is 0 Å². The first kappa shape index (κ1) is 20.0. The van der Waals surface area contributed by atoms with E-state index < -0.39 is 10.0 Å². The van der Waals surface area contributed by atoms with E-state index >= 15 is 0 Å². The lowest BCUT2D eigenvalue weighted by Crippen LogP contribution is -2.48. The Morgan fingerprint density at radius 3 is 2.72 bits per heavy atom. The quantitative estimate of drug-likeness (QED) is 0.407. The summed E-state index contributed by atoms with van der Waals surface area (Å²) < 4.78 is 30.3. The summed E-state index contributed by atoms with van der Waals surface area (Å²) in [4.78, 5) is 18.7. The summed E-state index contributed by atoms with van der Waals surface area (Å²) >= 11 is 0. The van der Waals surface area contributed by atoms with Crippen LogP contribution in [0.4, 0.5) is 0 Å². The molecule has 0 aliphatic carbocycles. The van der Waals surface area contributed by atoms with Crippen LogP contribution >= 0.6 is 0 Å². The molecule has 1 N–H and O–H groups in total. The molecule has 1 unspecified atom stereocenters. The monoisotopic (exact) mass is 374 g/mol. The van der Waals surface area contributed by atoms with Crippen molar-refractivity contribution in [1.82, 2.24) is 14.5 Å². The smallest absolute Gasteiger partial charge is 0.310 e. The highest BCUT2D eigenvalue weighted by Gasteiger charge is 2.29. The molecule has 2 rings (SSSR count). The predicted molar refractivity (Wildman–Crippen MR) is 96.9 cm³/mol. The first-order valence-corrected chi connectivity index (χ1v) is 10.8. The van der Waals surface area contributed by atoms with E-state index in [0.29, 0.717) is 39.2 Å². The normalized spacial score (nSPS) is 24.3. The van der Waals surface area contributed by atoms with Gasteiger partial charge in [-0.3, -0.25) is 9.79 Å². The van der Waals surface area contributed by atoms with Crippen molar-refractivity contribution < 1.29 is 17.9 Å². The minimum atomic E-state index is -3.08. The number of piperidine rings is 1. The molecule has 144 valence electrons. The molecule has 0 aromatic heterocycles. The second-order valence-corrected chi connectivity index (χ2v) is 8.43. The molecule has 0 aromatic carbocycles. The van der Waals surface area contributed by atoms with Crippen LogP contribution in [0.15, 0.2) is 4.99 Å². The Bertz CT molecular complexity index is 579.